The summed E-state index contributed by atoms with van der Waals surface area (Å²) in [6.45, 7) is 0. The van der Waals surface area contributed by atoms with Gasteiger partial charge in [0.2, 0.25) is 0 Å². The molecule has 2 heteroatoms. The number of fused-ring (bicyclic) bond motifs is 2. The zero-order valence-electron chi connectivity index (χ0n) is 17.5. The quantitative estimate of drug-likeness (QED) is 0.275. The van der Waals surface area contributed by atoms with Crippen LogP contribution >= 0.6 is 0 Å². The average molecular weight is 411 g/mol. The predicted molar refractivity (Wildman–Crippen MR) is 136 cm³/mol. The molecule has 2 nitrogen and oxygen atoms in total. The van der Waals surface area contributed by atoms with Crippen LogP contribution in [-0.2, 0) is 0 Å². The lowest BCUT2D eigenvalue weighted by atomic mass is 9.93. The lowest BCUT2D eigenvalue weighted by molar-refractivity contribution is 1.47. The van der Waals surface area contributed by atoms with Gasteiger partial charge in [0.25, 0.3) is 0 Å². The molecule has 0 radical (unpaired) electrons. The third kappa shape index (κ3) is 3.23. The molecular formula is C30H22N2. The molecule has 0 spiro atoms. The minimum absolute atomic E-state index is 1.15. The highest BCUT2D eigenvalue weighted by atomic mass is 14.7. The first-order chi connectivity index (χ1) is 15.9. The molecule has 0 atom stereocenters. The number of rotatable bonds is 4. The molecule has 0 saturated heterocycles. The summed E-state index contributed by atoms with van der Waals surface area (Å²) in [5.41, 5.74) is 9.56. The van der Waals surface area contributed by atoms with E-state index in [1.54, 1.807) is 0 Å². The Balaban J connectivity index is 1.54. The first-order valence-electron chi connectivity index (χ1n) is 10.9. The highest BCUT2D eigenvalue weighted by molar-refractivity contribution is 6.01. The lowest BCUT2D eigenvalue weighted by Crippen LogP contribution is -1.86. The fourth-order valence-corrected chi connectivity index (χ4v) is 4.46. The summed E-state index contributed by atoms with van der Waals surface area (Å²) < 4.78 is 0. The van der Waals surface area contributed by atoms with Gasteiger partial charge >= 0.3 is 0 Å². The number of nitrogens with one attached hydrogen (secondary N) is 2. The molecule has 6 rings (SSSR count). The Bertz CT molecular complexity index is 1560. The van der Waals surface area contributed by atoms with Crippen LogP contribution in [0.1, 0.15) is 11.1 Å². The molecule has 6 aromatic rings. The van der Waals surface area contributed by atoms with E-state index < -0.39 is 0 Å². The van der Waals surface area contributed by atoms with Gasteiger partial charge in [-0.2, -0.15) is 0 Å². The van der Waals surface area contributed by atoms with E-state index in [9.17, 15) is 0 Å². The standard InChI is InChI=1S/C30H22N2/c1-2-8-21(9-3-1)14-15-22-16-17-23(27-19-31-29-12-6-4-10-24(27)29)18-26(22)28-20-32-30-13-7-5-11-25(28)30/h1-20,31-32H/b15-14+. The van der Waals surface area contributed by atoms with Crippen LogP contribution in [0.2, 0.25) is 0 Å². The molecule has 4 aromatic carbocycles. The Labute approximate surface area is 186 Å². The summed E-state index contributed by atoms with van der Waals surface area (Å²) in [5, 5.41) is 2.47. The second-order valence-corrected chi connectivity index (χ2v) is 8.04. The molecule has 152 valence electrons. The van der Waals surface area contributed by atoms with Crippen molar-refractivity contribution in [1.29, 1.82) is 0 Å². The van der Waals surface area contributed by atoms with Gasteiger partial charge in [-0.05, 0) is 40.5 Å². The van der Waals surface area contributed by atoms with Gasteiger partial charge in [-0.25, -0.2) is 0 Å². The number of aromatic nitrogens is 2. The molecule has 32 heavy (non-hydrogen) atoms. The molecular weight excluding hydrogens is 388 g/mol. The Hall–Kier alpha value is -4.30. The fourth-order valence-electron chi connectivity index (χ4n) is 4.46. The van der Waals surface area contributed by atoms with Crippen LogP contribution in [0, 0.1) is 0 Å². The fraction of sp³-hybridized carbons (Fsp3) is 0. The maximum atomic E-state index is 3.44. The zero-order chi connectivity index (χ0) is 21.3. The van der Waals surface area contributed by atoms with E-state index in [2.05, 4.69) is 126 Å². The number of hydrogen-bond acceptors (Lipinski definition) is 0. The van der Waals surface area contributed by atoms with E-state index in [4.69, 9.17) is 0 Å². The van der Waals surface area contributed by atoms with Crippen molar-refractivity contribution < 1.29 is 0 Å². The number of hydrogen-bond donors (Lipinski definition) is 2. The summed E-state index contributed by atoms with van der Waals surface area (Å²) >= 11 is 0. The van der Waals surface area contributed by atoms with Crippen molar-refractivity contribution in [2.45, 2.75) is 0 Å². The van der Waals surface area contributed by atoms with E-state index in [0.717, 1.165) is 11.0 Å². The molecule has 2 aromatic heterocycles. The van der Waals surface area contributed by atoms with E-state index in [1.165, 1.54) is 44.2 Å². The van der Waals surface area contributed by atoms with Crippen LogP contribution in [0.25, 0.3) is 56.2 Å². The minimum Gasteiger partial charge on any atom is -0.361 e. The molecule has 0 aliphatic carbocycles. The Kier molecular flexibility index (Phi) is 4.47. The molecule has 0 amide bonds. The second-order valence-electron chi connectivity index (χ2n) is 8.04. The number of para-hydroxylation sites is 2. The highest BCUT2D eigenvalue weighted by Crippen LogP contribution is 2.37. The average Bonchev–Trinajstić information content (AvgIpc) is 3.48. The van der Waals surface area contributed by atoms with Gasteiger partial charge in [0.1, 0.15) is 0 Å². The van der Waals surface area contributed by atoms with Crippen molar-refractivity contribution in [3.05, 3.63) is 121 Å². The second kappa shape index (κ2) is 7.75. The largest absolute Gasteiger partial charge is 0.361 e. The Morgan fingerprint density at radius 2 is 1.12 bits per heavy atom. The minimum atomic E-state index is 1.15. The highest BCUT2D eigenvalue weighted by Gasteiger charge is 2.13. The van der Waals surface area contributed by atoms with Gasteiger partial charge in [-0.3, -0.25) is 0 Å². The van der Waals surface area contributed by atoms with Crippen LogP contribution in [-0.4, -0.2) is 9.97 Å². The maximum Gasteiger partial charge on any atom is 0.0460 e. The topological polar surface area (TPSA) is 31.6 Å². The van der Waals surface area contributed by atoms with E-state index in [-0.39, 0.29) is 0 Å². The van der Waals surface area contributed by atoms with Gasteiger partial charge in [0, 0.05) is 45.3 Å². The molecule has 0 aliphatic heterocycles. The third-order valence-electron chi connectivity index (χ3n) is 6.09. The van der Waals surface area contributed by atoms with Gasteiger partial charge in [0.15, 0.2) is 0 Å². The predicted octanol–water partition coefficient (Wildman–Crippen LogP) is 8.15. The molecule has 0 unspecified atom stereocenters. The van der Waals surface area contributed by atoms with Crippen LogP contribution < -0.4 is 0 Å². The normalized spacial score (nSPS) is 11.6. The monoisotopic (exact) mass is 410 g/mol. The van der Waals surface area contributed by atoms with Crippen molar-refractivity contribution in [3.8, 4) is 22.3 Å². The summed E-state index contributed by atoms with van der Waals surface area (Å²) in [7, 11) is 0. The molecule has 2 N–H and O–H groups in total. The number of aromatic amines is 2. The molecule has 0 fully saturated rings. The van der Waals surface area contributed by atoms with E-state index in [1.807, 2.05) is 6.07 Å². The van der Waals surface area contributed by atoms with Crippen LogP contribution in [0.15, 0.2) is 109 Å². The SMILES string of the molecule is C(=C\c1ccc(-c2c[nH]c3ccccc23)cc1-c1c[nH]c2ccccc12)/c1ccccc1. The van der Waals surface area contributed by atoms with Gasteiger partial charge in [-0.15, -0.1) is 0 Å². The smallest absolute Gasteiger partial charge is 0.0460 e. The van der Waals surface area contributed by atoms with E-state index in [0.29, 0.717) is 0 Å². The zero-order valence-corrected chi connectivity index (χ0v) is 17.5. The van der Waals surface area contributed by atoms with Crippen molar-refractivity contribution in [2.75, 3.05) is 0 Å². The third-order valence-corrected chi connectivity index (χ3v) is 6.09. The van der Waals surface area contributed by atoms with E-state index >= 15 is 0 Å². The van der Waals surface area contributed by atoms with Gasteiger partial charge in [-0.1, -0.05) is 91.0 Å². The Morgan fingerprint density at radius 3 is 1.88 bits per heavy atom. The van der Waals surface area contributed by atoms with Crippen LogP contribution in [0.5, 0.6) is 0 Å². The van der Waals surface area contributed by atoms with Crippen molar-refractivity contribution in [3.63, 3.8) is 0 Å². The molecule has 2 heterocycles. The summed E-state index contributed by atoms with van der Waals surface area (Å²) in [6.07, 6.45) is 8.63. The van der Waals surface area contributed by atoms with Crippen LogP contribution in [0.3, 0.4) is 0 Å². The summed E-state index contributed by atoms with van der Waals surface area (Å²) in [5.74, 6) is 0. The molecule has 0 aliphatic rings. The number of H-pyrrole nitrogens is 2. The lowest BCUT2D eigenvalue weighted by Gasteiger charge is -2.10. The number of benzene rings is 4. The van der Waals surface area contributed by atoms with Gasteiger partial charge in [0.05, 0.1) is 0 Å². The Morgan fingerprint density at radius 1 is 0.500 bits per heavy atom. The molecule has 0 saturated carbocycles. The van der Waals surface area contributed by atoms with Crippen molar-refractivity contribution in [2.24, 2.45) is 0 Å². The van der Waals surface area contributed by atoms with Crippen molar-refractivity contribution >= 4 is 34.0 Å². The first kappa shape index (κ1) is 18.5. The first-order valence-corrected chi connectivity index (χ1v) is 10.9. The maximum absolute atomic E-state index is 3.44. The summed E-state index contributed by atoms with van der Waals surface area (Å²) in [4.78, 5) is 6.85. The van der Waals surface area contributed by atoms with Crippen molar-refractivity contribution in [1.82, 2.24) is 9.97 Å². The van der Waals surface area contributed by atoms with Crippen LogP contribution in [0.4, 0.5) is 0 Å². The molecule has 0 bridgehead atoms. The van der Waals surface area contributed by atoms with Gasteiger partial charge < -0.3 is 9.97 Å². The summed E-state index contributed by atoms with van der Waals surface area (Å²) in [6, 6.07) is 34.1.